The normalized spacial score (nSPS) is 28.2. The SMILES string of the molecule is CNC(=O)[C@@H]1C[C@@H](C)CN1C(=O)[C@H](n1cc(C2CC2)nn1)C1(C)CCCCC1. The van der Waals surface area contributed by atoms with Crippen LogP contribution < -0.4 is 5.32 Å². The maximum atomic E-state index is 13.9. The Morgan fingerprint density at radius 3 is 2.61 bits per heavy atom. The average molecular weight is 388 g/mol. The lowest BCUT2D eigenvalue weighted by molar-refractivity contribution is -0.145. The lowest BCUT2D eigenvalue weighted by atomic mass is 9.70. The molecule has 2 saturated carbocycles. The van der Waals surface area contributed by atoms with Crippen molar-refractivity contribution in [3.63, 3.8) is 0 Å². The summed E-state index contributed by atoms with van der Waals surface area (Å²) >= 11 is 0. The standard InChI is InChI=1S/C21H33N5O2/c1-14-11-17(19(27)22-3)25(12-14)20(28)18(21(2)9-5-4-6-10-21)26-13-16(23-24-26)15-7-8-15/h13-15,17-18H,4-12H2,1-3H3,(H,22,27)/t14-,17+,18+/m1/s1. The minimum atomic E-state index is -0.384. The van der Waals surface area contributed by atoms with Crippen LogP contribution in [0.15, 0.2) is 6.20 Å². The Labute approximate surface area is 167 Å². The molecule has 3 fully saturated rings. The lowest BCUT2D eigenvalue weighted by Crippen LogP contribution is -2.51. The van der Waals surface area contributed by atoms with Crippen molar-refractivity contribution in [2.45, 2.75) is 83.2 Å². The Balaban J connectivity index is 1.67. The third-order valence-electron chi connectivity index (χ3n) is 7.02. The molecule has 1 aromatic rings. The van der Waals surface area contributed by atoms with Crippen LogP contribution in [0.1, 0.15) is 82.9 Å². The highest BCUT2D eigenvalue weighted by atomic mass is 16.2. The van der Waals surface area contributed by atoms with Gasteiger partial charge in [0.05, 0.1) is 5.69 Å². The lowest BCUT2D eigenvalue weighted by Gasteiger charge is -2.41. The topological polar surface area (TPSA) is 80.1 Å². The minimum absolute atomic E-state index is 0.0367. The number of likely N-dealkylation sites (N-methyl/N-ethyl adjacent to an activating group) is 1. The van der Waals surface area contributed by atoms with Crippen molar-refractivity contribution >= 4 is 11.8 Å². The highest BCUT2D eigenvalue weighted by Crippen LogP contribution is 2.47. The van der Waals surface area contributed by atoms with Gasteiger partial charge in [-0.15, -0.1) is 5.10 Å². The van der Waals surface area contributed by atoms with Crippen molar-refractivity contribution in [1.82, 2.24) is 25.2 Å². The molecule has 1 aromatic heterocycles. The van der Waals surface area contributed by atoms with Crippen LogP contribution in [0, 0.1) is 11.3 Å². The molecule has 0 radical (unpaired) electrons. The molecule has 1 aliphatic heterocycles. The molecule has 1 saturated heterocycles. The Bertz CT molecular complexity index is 735. The van der Waals surface area contributed by atoms with E-state index in [9.17, 15) is 9.59 Å². The number of hydrogen-bond donors (Lipinski definition) is 1. The molecule has 7 heteroatoms. The van der Waals surface area contributed by atoms with Crippen molar-refractivity contribution < 1.29 is 9.59 Å². The van der Waals surface area contributed by atoms with Crippen LogP contribution in [0.3, 0.4) is 0 Å². The second-order valence-electron chi connectivity index (χ2n) is 9.48. The van der Waals surface area contributed by atoms with Crippen molar-refractivity contribution in [1.29, 1.82) is 0 Å². The van der Waals surface area contributed by atoms with Gasteiger partial charge >= 0.3 is 0 Å². The minimum Gasteiger partial charge on any atom is -0.357 e. The Morgan fingerprint density at radius 2 is 1.96 bits per heavy atom. The van der Waals surface area contributed by atoms with E-state index in [4.69, 9.17) is 0 Å². The van der Waals surface area contributed by atoms with Gasteiger partial charge in [0.25, 0.3) is 0 Å². The van der Waals surface area contributed by atoms with Gasteiger partial charge in [0.1, 0.15) is 12.1 Å². The van der Waals surface area contributed by atoms with Crippen LogP contribution in [0.25, 0.3) is 0 Å². The molecule has 0 bridgehead atoms. The number of carbonyl (C=O) groups is 2. The van der Waals surface area contributed by atoms with E-state index >= 15 is 0 Å². The zero-order chi connectivity index (χ0) is 19.9. The first-order valence-electron chi connectivity index (χ1n) is 10.9. The second kappa shape index (κ2) is 7.48. The van der Waals surface area contributed by atoms with Gasteiger partial charge in [0, 0.05) is 25.7 Å². The summed E-state index contributed by atoms with van der Waals surface area (Å²) in [6, 6.07) is -0.765. The molecule has 154 valence electrons. The fraction of sp³-hybridized carbons (Fsp3) is 0.810. The van der Waals surface area contributed by atoms with Gasteiger partial charge in [0.2, 0.25) is 11.8 Å². The van der Waals surface area contributed by atoms with E-state index in [0.717, 1.165) is 50.6 Å². The van der Waals surface area contributed by atoms with E-state index in [1.165, 1.54) is 6.42 Å². The predicted octanol–water partition coefficient (Wildman–Crippen LogP) is 2.65. The predicted molar refractivity (Wildman–Crippen MR) is 106 cm³/mol. The number of hydrogen-bond acceptors (Lipinski definition) is 4. The number of likely N-dealkylation sites (tertiary alicyclic amines) is 1. The molecule has 7 nitrogen and oxygen atoms in total. The van der Waals surface area contributed by atoms with Crippen LogP contribution in [0.5, 0.6) is 0 Å². The second-order valence-corrected chi connectivity index (χ2v) is 9.48. The average Bonchev–Trinajstić information content (AvgIpc) is 3.29. The van der Waals surface area contributed by atoms with Crippen LogP contribution >= 0.6 is 0 Å². The van der Waals surface area contributed by atoms with Crippen LogP contribution in [0.4, 0.5) is 0 Å². The summed E-state index contributed by atoms with van der Waals surface area (Å²) in [6.45, 7) is 4.97. The molecule has 2 aliphatic carbocycles. The molecule has 3 aliphatic rings. The molecular weight excluding hydrogens is 354 g/mol. The Hall–Kier alpha value is -1.92. The zero-order valence-electron chi connectivity index (χ0n) is 17.4. The molecule has 0 aromatic carbocycles. The molecule has 2 heterocycles. The van der Waals surface area contributed by atoms with E-state index in [2.05, 4.69) is 29.5 Å². The summed E-state index contributed by atoms with van der Waals surface area (Å²) in [7, 11) is 1.65. The number of rotatable bonds is 5. The third kappa shape index (κ3) is 3.55. The highest BCUT2D eigenvalue weighted by Gasteiger charge is 2.48. The van der Waals surface area contributed by atoms with Gasteiger partial charge < -0.3 is 10.2 Å². The number of nitrogens with one attached hydrogen (secondary N) is 1. The molecule has 2 amide bonds. The van der Waals surface area contributed by atoms with Crippen molar-refractivity contribution in [2.75, 3.05) is 13.6 Å². The summed E-state index contributed by atoms with van der Waals surface area (Å²) in [5, 5.41) is 11.5. The summed E-state index contributed by atoms with van der Waals surface area (Å²) in [5.41, 5.74) is 0.859. The fourth-order valence-corrected chi connectivity index (χ4v) is 5.21. The summed E-state index contributed by atoms with van der Waals surface area (Å²) in [5.74, 6) is 0.801. The molecular formula is C21H33N5O2. The number of aromatic nitrogens is 3. The first kappa shape index (κ1) is 19.4. The first-order chi connectivity index (χ1) is 13.4. The van der Waals surface area contributed by atoms with Crippen molar-refractivity contribution in [3.8, 4) is 0 Å². The molecule has 1 N–H and O–H groups in total. The van der Waals surface area contributed by atoms with E-state index in [0.29, 0.717) is 18.4 Å². The smallest absolute Gasteiger partial charge is 0.248 e. The van der Waals surface area contributed by atoms with Gasteiger partial charge in [-0.1, -0.05) is 38.3 Å². The molecule has 4 rings (SSSR count). The van der Waals surface area contributed by atoms with Gasteiger partial charge in [-0.25, -0.2) is 4.68 Å². The molecule has 28 heavy (non-hydrogen) atoms. The summed E-state index contributed by atoms with van der Waals surface area (Å²) in [6.07, 6.45) is 10.6. The van der Waals surface area contributed by atoms with Crippen molar-refractivity contribution in [2.24, 2.45) is 11.3 Å². The Morgan fingerprint density at radius 1 is 1.25 bits per heavy atom. The summed E-state index contributed by atoms with van der Waals surface area (Å²) < 4.78 is 1.82. The van der Waals surface area contributed by atoms with Crippen molar-refractivity contribution in [3.05, 3.63) is 11.9 Å². The Kier molecular flexibility index (Phi) is 5.19. The maximum absolute atomic E-state index is 13.9. The summed E-state index contributed by atoms with van der Waals surface area (Å²) in [4.78, 5) is 28.1. The fourth-order valence-electron chi connectivity index (χ4n) is 5.21. The van der Waals surface area contributed by atoms with Gasteiger partial charge in [-0.2, -0.15) is 0 Å². The molecule has 0 spiro atoms. The number of carbonyl (C=O) groups excluding carboxylic acids is 2. The van der Waals surface area contributed by atoms with Gasteiger partial charge in [-0.05, 0) is 43.4 Å². The van der Waals surface area contributed by atoms with E-state index in [1.54, 1.807) is 7.05 Å². The largest absolute Gasteiger partial charge is 0.357 e. The molecule has 3 atom stereocenters. The van der Waals surface area contributed by atoms with Gasteiger partial charge in [0.15, 0.2) is 0 Å². The van der Waals surface area contributed by atoms with E-state index in [-0.39, 0.29) is 29.3 Å². The number of amides is 2. The highest BCUT2D eigenvalue weighted by molar-refractivity contribution is 5.90. The first-order valence-corrected chi connectivity index (χ1v) is 10.9. The maximum Gasteiger partial charge on any atom is 0.248 e. The monoisotopic (exact) mass is 387 g/mol. The third-order valence-corrected chi connectivity index (χ3v) is 7.02. The van der Waals surface area contributed by atoms with Crippen LogP contribution in [-0.4, -0.2) is 51.3 Å². The zero-order valence-corrected chi connectivity index (χ0v) is 17.4. The number of nitrogens with zero attached hydrogens (tertiary/aromatic N) is 4. The quantitative estimate of drug-likeness (QED) is 0.842. The van der Waals surface area contributed by atoms with Crippen LogP contribution in [0.2, 0.25) is 0 Å². The van der Waals surface area contributed by atoms with Gasteiger partial charge in [-0.3, -0.25) is 9.59 Å². The van der Waals surface area contributed by atoms with Crippen LogP contribution in [-0.2, 0) is 9.59 Å². The van der Waals surface area contributed by atoms with E-state index < -0.39 is 0 Å². The molecule has 0 unspecified atom stereocenters. The van der Waals surface area contributed by atoms with E-state index in [1.807, 2.05) is 15.8 Å².